The second kappa shape index (κ2) is 5.13. The van der Waals surface area contributed by atoms with Crippen molar-refractivity contribution in [2.75, 3.05) is 24.2 Å². The Kier molecular flexibility index (Phi) is 3.58. The molecule has 0 bridgehead atoms. The molecule has 1 unspecified atom stereocenters. The first kappa shape index (κ1) is 11.8. The minimum atomic E-state index is 0.0765. The van der Waals surface area contributed by atoms with Crippen LogP contribution in [0.1, 0.15) is 12.8 Å². The van der Waals surface area contributed by atoms with Crippen LogP contribution in [-0.2, 0) is 4.79 Å². The van der Waals surface area contributed by atoms with Gasteiger partial charge in [0.2, 0.25) is 23.1 Å². The quantitative estimate of drug-likeness (QED) is 0.718. The van der Waals surface area contributed by atoms with Gasteiger partial charge in [-0.1, -0.05) is 0 Å². The SMILES string of the molecule is CNc1nc(Cl)nc(NC2CCC(=O)NC2)n1. The van der Waals surface area contributed by atoms with Gasteiger partial charge in [-0.2, -0.15) is 15.0 Å². The Morgan fingerprint density at radius 2 is 2.12 bits per heavy atom. The van der Waals surface area contributed by atoms with Crippen LogP contribution in [-0.4, -0.2) is 40.5 Å². The molecule has 0 saturated carbocycles. The van der Waals surface area contributed by atoms with Gasteiger partial charge in [0.1, 0.15) is 0 Å². The van der Waals surface area contributed by atoms with E-state index < -0.39 is 0 Å². The number of carbonyl (C=O) groups is 1. The van der Waals surface area contributed by atoms with E-state index in [1.54, 1.807) is 7.05 Å². The number of rotatable bonds is 3. The molecule has 1 fully saturated rings. The highest BCUT2D eigenvalue weighted by molar-refractivity contribution is 6.28. The number of nitrogens with one attached hydrogen (secondary N) is 3. The predicted molar refractivity (Wildman–Crippen MR) is 64.0 cm³/mol. The highest BCUT2D eigenvalue weighted by atomic mass is 35.5. The minimum absolute atomic E-state index is 0.0765. The van der Waals surface area contributed by atoms with Crippen molar-refractivity contribution in [3.05, 3.63) is 5.28 Å². The van der Waals surface area contributed by atoms with E-state index >= 15 is 0 Å². The number of piperidine rings is 1. The van der Waals surface area contributed by atoms with Gasteiger partial charge in [-0.3, -0.25) is 4.79 Å². The maximum atomic E-state index is 11.0. The Balaban J connectivity index is 2.02. The predicted octanol–water partition coefficient (Wildman–Crippen LogP) is 0.257. The monoisotopic (exact) mass is 256 g/mol. The molecular weight excluding hydrogens is 244 g/mol. The molecule has 1 aliphatic heterocycles. The summed E-state index contributed by atoms with van der Waals surface area (Å²) < 4.78 is 0. The topological polar surface area (TPSA) is 91.8 Å². The number of anilines is 2. The number of hydrogen-bond donors (Lipinski definition) is 3. The van der Waals surface area contributed by atoms with E-state index in [1.807, 2.05) is 0 Å². The molecule has 2 heterocycles. The normalized spacial score (nSPS) is 19.6. The van der Waals surface area contributed by atoms with Gasteiger partial charge in [0.15, 0.2) is 0 Å². The molecule has 3 N–H and O–H groups in total. The molecular formula is C9H13ClN6O. The van der Waals surface area contributed by atoms with Crippen molar-refractivity contribution < 1.29 is 4.79 Å². The zero-order valence-corrected chi connectivity index (χ0v) is 10.1. The molecule has 17 heavy (non-hydrogen) atoms. The lowest BCUT2D eigenvalue weighted by Crippen LogP contribution is -2.42. The number of halogens is 1. The lowest BCUT2D eigenvalue weighted by Gasteiger charge is -2.23. The van der Waals surface area contributed by atoms with Crippen LogP contribution in [0, 0.1) is 0 Å². The standard InChI is InChI=1S/C9H13ClN6O/c1-11-8-14-7(10)15-9(16-8)13-5-2-3-6(17)12-4-5/h5H,2-4H2,1H3,(H,12,17)(H2,11,13,14,15,16). The second-order valence-corrected chi connectivity index (χ2v) is 4.02. The van der Waals surface area contributed by atoms with Crippen LogP contribution in [0.5, 0.6) is 0 Å². The fourth-order valence-electron chi connectivity index (χ4n) is 1.57. The molecule has 0 aromatic carbocycles. The molecule has 1 aromatic heterocycles. The largest absolute Gasteiger partial charge is 0.357 e. The van der Waals surface area contributed by atoms with E-state index in [0.29, 0.717) is 24.9 Å². The fourth-order valence-corrected chi connectivity index (χ4v) is 1.73. The van der Waals surface area contributed by atoms with Crippen LogP contribution in [0.3, 0.4) is 0 Å². The number of aromatic nitrogens is 3. The average Bonchev–Trinajstić information content (AvgIpc) is 2.31. The Bertz CT molecular complexity index is 416. The van der Waals surface area contributed by atoms with Gasteiger partial charge < -0.3 is 16.0 Å². The van der Waals surface area contributed by atoms with Crippen molar-refractivity contribution in [1.82, 2.24) is 20.3 Å². The summed E-state index contributed by atoms with van der Waals surface area (Å²) in [5, 5.41) is 8.82. The Morgan fingerprint density at radius 3 is 2.76 bits per heavy atom. The van der Waals surface area contributed by atoms with Crippen LogP contribution in [0.15, 0.2) is 0 Å². The second-order valence-electron chi connectivity index (χ2n) is 3.69. The Labute approximate surface area is 103 Å². The van der Waals surface area contributed by atoms with Crippen LogP contribution >= 0.6 is 11.6 Å². The van der Waals surface area contributed by atoms with Gasteiger partial charge in [-0.25, -0.2) is 0 Å². The van der Waals surface area contributed by atoms with Gasteiger partial charge in [-0.15, -0.1) is 0 Å². The summed E-state index contributed by atoms with van der Waals surface area (Å²) in [6, 6.07) is 0.121. The van der Waals surface area contributed by atoms with Crippen LogP contribution < -0.4 is 16.0 Å². The molecule has 1 aliphatic rings. The molecule has 0 radical (unpaired) electrons. The van der Waals surface area contributed by atoms with Crippen LogP contribution in [0.25, 0.3) is 0 Å². The van der Waals surface area contributed by atoms with E-state index in [0.717, 1.165) is 6.42 Å². The first-order valence-corrected chi connectivity index (χ1v) is 5.67. The van der Waals surface area contributed by atoms with E-state index in [-0.39, 0.29) is 17.2 Å². The zero-order chi connectivity index (χ0) is 12.3. The number of hydrogen-bond acceptors (Lipinski definition) is 6. The van der Waals surface area contributed by atoms with Gasteiger partial charge in [0.05, 0.1) is 0 Å². The lowest BCUT2D eigenvalue weighted by molar-refractivity contribution is -0.122. The van der Waals surface area contributed by atoms with Gasteiger partial charge in [0.25, 0.3) is 0 Å². The molecule has 92 valence electrons. The van der Waals surface area contributed by atoms with E-state index in [1.165, 1.54) is 0 Å². The zero-order valence-electron chi connectivity index (χ0n) is 9.33. The Morgan fingerprint density at radius 1 is 1.35 bits per heavy atom. The smallest absolute Gasteiger partial charge is 0.229 e. The third-order valence-corrected chi connectivity index (χ3v) is 2.60. The minimum Gasteiger partial charge on any atom is -0.357 e. The summed E-state index contributed by atoms with van der Waals surface area (Å²) in [6.45, 7) is 0.566. The van der Waals surface area contributed by atoms with Crippen molar-refractivity contribution >= 4 is 29.4 Å². The summed E-state index contributed by atoms with van der Waals surface area (Å²) in [5.74, 6) is 0.899. The highest BCUT2D eigenvalue weighted by Gasteiger charge is 2.18. The molecule has 2 rings (SSSR count). The molecule has 7 nitrogen and oxygen atoms in total. The maximum Gasteiger partial charge on any atom is 0.229 e. The van der Waals surface area contributed by atoms with E-state index in [9.17, 15) is 4.79 Å². The van der Waals surface area contributed by atoms with Gasteiger partial charge in [-0.05, 0) is 18.0 Å². The summed E-state index contributed by atoms with van der Waals surface area (Å²) in [5.41, 5.74) is 0. The fraction of sp³-hybridized carbons (Fsp3) is 0.556. The molecule has 0 aliphatic carbocycles. The summed E-state index contributed by atoms with van der Waals surface area (Å²) in [6.07, 6.45) is 1.26. The maximum absolute atomic E-state index is 11.0. The van der Waals surface area contributed by atoms with Crippen molar-refractivity contribution in [2.24, 2.45) is 0 Å². The Hall–Kier alpha value is -1.63. The summed E-state index contributed by atoms with van der Waals surface area (Å²) in [4.78, 5) is 23.0. The highest BCUT2D eigenvalue weighted by Crippen LogP contribution is 2.12. The number of carbonyl (C=O) groups excluding carboxylic acids is 1. The van der Waals surface area contributed by atoms with Crippen molar-refractivity contribution in [3.63, 3.8) is 0 Å². The van der Waals surface area contributed by atoms with E-state index in [2.05, 4.69) is 30.9 Å². The average molecular weight is 257 g/mol. The lowest BCUT2D eigenvalue weighted by atomic mass is 10.1. The van der Waals surface area contributed by atoms with Crippen molar-refractivity contribution in [2.45, 2.75) is 18.9 Å². The molecule has 1 atom stereocenters. The molecule has 0 spiro atoms. The van der Waals surface area contributed by atoms with Gasteiger partial charge in [0, 0.05) is 26.1 Å². The number of nitrogens with zero attached hydrogens (tertiary/aromatic N) is 3. The van der Waals surface area contributed by atoms with Crippen molar-refractivity contribution in [3.8, 4) is 0 Å². The number of amides is 1. The first-order chi connectivity index (χ1) is 8.17. The van der Waals surface area contributed by atoms with Gasteiger partial charge >= 0.3 is 0 Å². The van der Waals surface area contributed by atoms with Crippen molar-refractivity contribution in [1.29, 1.82) is 0 Å². The third kappa shape index (κ3) is 3.16. The van der Waals surface area contributed by atoms with E-state index in [4.69, 9.17) is 11.6 Å². The van der Waals surface area contributed by atoms with Crippen LogP contribution in [0.4, 0.5) is 11.9 Å². The third-order valence-electron chi connectivity index (χ3n) is 2.43. The summed E-state index contributed by atoms with van der Waals surface area (Å²) in [7, 11) is 1.70. The molecule has 1 saturated heterocycles. The first-order valence-electron chi connectivity index (χ1n) is 5.30. The molecule has 8 heteroatoms. The molecule has 1 amide bonds. The summed E-state index contributed by atoms with van der Waals surface area (Å²) >= 11 is 5.76. The van der Waals surface area contributed by atoms with Crippen LogP contribution in [0.2, 0.25) is 5.28 Å². The molecule has 1 aromatic rings.